The normalized spacial score (nSPS) is 17.5. The molecule has 1 fully saturated rings. The van der Waals surface area contributed by atoms with Gasteiger partial charge in [0.15, 0.2) is 0 Å². The van der Waals surface area contributed by atoms with Gasteiger partial charge in [0.25, 0.3) is 5.56 Å². The van der Waals surface area contributed by atoms with Gasteiger partial charge in [-0.05, 0) is 18.2 Å². The van der Waals surface area contributed by atoms with Gasteiger partial charge in [-0.3, -0.25) is 4.79 Å². The molecule has 6 nitrogen and oxygen atoms in total. The first kappa shape index (κ1) is 15.1. The molecule has 0 spiro atoms. The van der Waals surface area contributed by atoms with E-state index in [0.717, 1.165) is 48.4 Å². The molecule has 1 N–H and O–H groups in total. The third-order valence-corrected chi connectivity index (χ3v) is 5.01. The Morgan fingerprint density at radius 1 is 1.12 bits per heavy atom. The van der Waals surface area contributed by atoms with Crippen LogP contribution in [-0.4, -0.2) is 55.0 Å². The Hall–Kier alpha value is -2.44. The number of aromatic nitrogens is 2. The van der Waals surface area contributed by atoms with Crippen molar-refractivity contribution in [2.24, 2.45) is 0 Å². The Kier molecular flexibility index (Phi) is 3.51. The number of fused-ring (bicyclic) bond motifs is 3. The van der Waals surface area contributed by atoms with Gasteiger partial charge in [0.2, 0.25) is 0 Å². The third kappa shape index (κ3) is 2.44. The summed E-state index contributed by atoms with van der Waals surface area (Å²) in [6.45, 7) is 3.62. The number of anilines is 1. The molecule has 0 unspecified atom stereocenters. The number of nitrogens with one attached hydrogen (secondary N) is 1. The van der Waals surface area contributed by atoms with Crippen LogP contribution in [0, 0.1) is 0 Å². The molecule has 124 valence electrons. The average molecular weight is 325 g/mol. The lowest BCUT2D eigenvalue weighted by atomic mass is 10.1. The number of likely N-dealkylation sites (N-methyl/N-ethyl adjacent to an activating group) is 1. The van der Waals surface area contributed by atoms with Crippen LogP contribution in [0.2, 0.25) is 0 Å². The van der Waals surface area contributed by atoms with Crippen molar-refractivity contribution in [1.82, 2.24) is 9.97 Å². The predicted octanol–water partition coefficient (Wildman–Crippen LogP) is 1.90. The molecule has 2 aromatic heterocycles. The summed E-state index contributed by atoms with van der Waals surface area (Å²) in [5.74, 6) is 0.946. The average Bonchev–Trinajstić information content (AvgIpc) is 2.63. The van der Waals surface area contributed by atoms with E-state index >= 15 is 0 Å². The molecule has 1 aliphatic heterocycles. The number of quaternary nitrogens is 1. The minimum atomic E-state index is -0.0706. The van der Waals surface area contributed by atoms with Crippen LogP contribution < -0.4 is 10.5 Å². The summed E-state index contributed by atoms with van der Waals surface area (Å²) in [5, 5.41) is 1.57. The van der Waals surface area contributed by atoms with E-state index in [1.807, 2.05) is 36.4 Å². The van der Waals surface area contributed by atoms with Gasteiger partial charge in [-0.2, -0.15) is 4.65 Å². The quantitative estimate of drug-likeness (QED) is 0.577. The summed E-state index contributed by atoms with van der Waals surface area (Å²) in [4.78, 5) is 27.8. The molecule has 3 heterocycles. The van der Waals surface area contributed by atoms with Crippen molar-refractivity contribution >= 4 is 27.6 Å². The molecule has 6 heteroatoms. The Balaban J connectivity index is 1.77. The molecule has 0 bridgehead atoms. The third-order valence-electron chi connectivity index (χ3n) is 5.01. The zero-order valence-electron chi connectivity index (χ0n) is 14.0. The Morgan fingerprint density at radius 2 is 1.83 bits per heavy atom. The van der Waals surface area contributed by atoms with Crippen LogP contribution in [-0.2, 0) is 4.84 Å². The lowest BCUT2D eigenvalue weighted by molar-refractivity contribution is -1.09. The number of H-pyrrole nitrogens is 1. The van der Waals surface area contributed by atoms with Crippen molar-refractivity contribution in [2.75, 3.05) is 45.2 Å². The first-order valence-electron chi connectivity index (χ1n) is 8.17. The lowest BCUT2D eigenvalue weighted by Crippen LogP contribution is -2.56. The summed E-state index contributed by atoms with van der Waals surface area (Å²) in [5.41, 5.74) is 1.55. The molecule has 1 aliphatic rings. The molecule has 0 saturated carbocycles. The minimum Gasteiger partial charge on any atom is -0.345 e. The van der Waals surface area contributed by atoms with E-state index in [9.17, 15) is 4.79 Å². The van der Waals surface area contributed by atoms with Gasteiger partial charge in [0, 0.05) is 10.8 Å². The maximum Gasteiger partial charge on any atom is 0.256 e. The number of piperazine rings is 1. The molecule has 1 saturated heterocycles. The van der Waals surface area contributed by atoms with Crippen molar-refractivity contribution in [3.05, 3.63) is 46.8 Å². The van der Waals surface area contributed by atoms with Crippen molar-refractivity contribution in [1.29, 1.82) is 0 Å². The van der Waals surface area contributed by atoms with Crippen LogP contribution in [0.4, 0.5) is 5.82 Å². The first-order valence-corrected chi connectivity index (χ1v) is 8.17. The number of hydrogen-bond donors (Lipinski definition) is 1. The van der Waals surface area contributed by atoms with Gasteiger partial charge in [-0.15, -0.1) is 0 Å². The molecule has 0 amide bonds. The second-order valence-electron chi connectivity index (χ2n) is 6.48. The fraction of sp³-hybridized carbons (Fsp3) is 0.333. The van der Waals surface area contributed by atoms with E-state index in [1.165, 1.54) is 0 Å². The molecular formula is C18H21N4O2+. The summed E-state index contributed by atoms with van der Waals surface area (Å²) >= 11 is 0. The lowest BCUT2D eigenvalue weighted by Gasteiger charge is -2.38. The van der Waals surface area contributed by atoms with Crippen LogP contribution in [0.1, 0.15) is 0 Å². The largest absolute Gasteiger partial charge is 0.345 e. The van der Waals surface area contributed by atoms with Crippen LogP contribution in [0.25, 0.3) is 21.8 Å². The molecule has 24 heavy (non-hydrogen) atoms. The highest BCUT2D eigenvalue weighted by Gasteiger charge is 2.30. The smallest absolute Gasteiger partial charge is 0.256 e. The monoisotopic (exact) mass is 325 g/mol. The van der Waals surface area contributed by atoms with Crippen molar-refractivity contribution in [3.63, 3.8) is 0 Å². The van der Waals surface area contributed by atoms with Gasteiger partial charge in [0.05, 0.1) is 38.3 Å². The zero-order chi connectivity index (χ0) is 16.7. The number of hydrogen-bond acceptors (Lipinski definition) is 4. The number of aromatic amines is 1. The minimum absolute atomic E-state index is 0.0706. The van der Waals surface area contributed by atoms with Crippen molar-refractivity contribution in [2.45, 2.75) is 0 Å². The molecule has 0 radical (unpaired) electrons. The predicted molar refractivity (Wildman–Crippen MR) is 95.0 cm³/mol. The second-order valence-corrected chi connectivity index (χ2v) is 6.48. The van der Waals surface area contributed by atoms with E-state index in [0.29, 0.717) is 10.0 Å². The van der Waals surface area contributed by atoms with Crippen LogP contribution in [0.15, 0.2) is 41.2 Å². The molecular weight excluding hydrogens is 304 g/mol. The number of benzene rings is 1. The van der Waals surface area contributed by atoms with Gasteiger partial charge >= 0.3 is 0 Å². The number of pyridine rings is 2. The molecule has 0 atom stereocenters. The standard InChI is InChI=1S/C18H20N4O2/c1-22(24-2)11-9-21(10-12-22)16-8-7-15-17(20-16)13-5-3-4-6-14(13)18(23)19-15/h3-8H,9-12H2,1-2H3/p+1. The highest BCUT2D eigenvalue weighted by Crippen LogP contribution is 2.24. The van der Waals surface area contributed by atoms with Crippen molar-refractivity contribution < 1.29 is 9.48 Å². The van der Waals surface area contributed by atoms with Gasteiger partial charge in [-0.1, -0.05) is 18.2 Å². The summed E-state index contributed by atoms with van der Waals surface area (Å²) in [6, 6.07) is 11.5. The topological polar surface area (TPSA) is 58.2 Å². The molecule has 1 aromatic carbocycles. The Morgan fingerprint density at radius 3 is 2.54 bits per heavy atom. The summed E-state index contributed by atoms with van der Waals surface area (Å²) in [6.07, 6.45) is 0. The molecule has 4 rings (SSSR count). The van der Waals surface area contributed by atoms with Crippen LogP contribution >= 0.6 is 0 Å². The first-order chi connectivity index (χ1) is 11.6. The van der Waals surface area contributed by atoms with Gasteiger partial charge in [0.1, 0.15) is 18.9 Å². The maximum absolute atomic E-state index is 12.2. The zero-order valence-corrected chi connectivity index (χ0v) is 14.0. The van der Waals surface area contributed by atoms with Crippen molar-refractivity contribution in [3.8, 4) is 0 Å². The number of rotatable bonds is 2. The second kappa shape index (κ2) is 5.58. The van der Waals surface area contributed by atoms with Crippen LogP contribution in [0.5, 0.6) is 0 Å². The van der Waals surface area contributed by atoms with E-state index in [1.54, 1.807) is 7.11 Å². The SMILES string of the molecule is CO[N+]1(C)CCN(c2ccc3[nH]c(=O)c4ccccc4c3n2)CC1. The Bertz CT molecular complexity index is 958. The van der Waals surface area contributed by atoms with Gasteiger partial charge in [-0.25, -0.2) is 9.82 Å². The van der Waals surface area contributed by atoms with E-state index < -0.39 is 0 Å². The summed E-state index contributed by atoms with van der Waals surface area (Å²) in [7, 11) is 3.86. The van der Waals surface area contributed by atoms with E-state index in [2.05, 4.69) is 16.9 Å². The molecule has 3 aromatic rings. The van der Waals surface area contributed by atoms with E-state index in [4.69, 9.17) is 9.82 Å². The summed E-state index contributed by atoms with van der Waals surface area (Å²) < 4.78 is 0.625. The highest BCUT2D eigenvalue weighted by molar-refractivity contribution is 6.03. The fourth-order valence-electron chi connectivity index (χ4n) is 3.31. The maximum atomic E-state index is 12.2. The van der Waals surface area contributed by atoms with E-state index in [-0.39, 0.29) is 5.56 Å². The fourth-order valence-corrected chi connectivity index (χ4v) is 3.31. The van der Waals surface area contributed by atoms with Crippen LogP contribution in [0.3, 0.4) is 0 Å². The van der Waals surface area contributed by atoms with Gasteiger partial charge < -0.3 is 9.88 Å². The molecule has 0 aliphatic carbocycles. The Labute approximate surface area is 139 Å². The number of nitrogens with zero attached hydrogens (tertiary/aromatic N) is 3. The number of hydroxylamine groups is 3. The highest BCUT2D eigenvalue weighted by atomic mass is 16.7.